The molecule has 0 heterocycles. The average molecular weight is 749 g/mol. The molecule has 2 aliphatic rings. The Balaban J connectivity index is -0.000000761. The van der Waals surface area contributed by atoms with Crippen LogP contribution in [0, 0.1) is 16.7 Å². The average Bonchev–Trinajstić information content (AvgIpc) is 3.04. The van der Waals surface area contributed by atoms with Crippen LogP contribution < -0.4 is 29.6 Å². The van der Waals surface area contributed by atoms with E-state index in [1.807, 2.05) is 19.1 Å². The van der Waals surface area contributed by atoms with Gasteiger partial charge in [0.05, 0.1) is 0 Å². The third-order valence-electron chi connectivity index (χ3n) is 10.3. The van der Waals surface area contributed by atoms with Gasteiger partial charge < -0.3 is 1.43 Å². The molecule has 296 valence electrons. The van der Waals surface area contributed by atoms with E-state index in [-0.39, 0.29) is 41.8 Å². The number of hydrogen-bond donors (Lipinski definition) is 0. The number of aldehydes is 3. The third kappa shape index (κ3) is 22.1. The van der Waals surface area contributed by atoms with Crippen molar-refractivity contribution in [2.24, 2.45) is 16.7 Å². The molecule has 2 rings (SSSR count). The van der Waals surface area contributed by atoms with Crippen LogP contribution in [0.1, 0.15) is 163 Å². The molecule has 4 heteroatoms. The van der Waals surface area contributed by atoms with E-state index in [1.165, 1.54) is 39.0 Å². The molecule has 0 saturated carbocycles. The fourth-order valence-electron chi connectivity index (χ4n) is 6.85. The molecular formula is C50H77NaO3. The molecule has 0 spiro atoms. The van der Waals surface area contributed by atoms with Crippen LogP contribution in [-0.2, 0) is 14.4 Å². The topological polar surface area (TPSA) is 51.2 Å². The Kier molecular flexibility index (Phi) is 28.5. The Morgan fingerprint density at radius 2 is 1.13 bits per heavy atom. The van der Waals surface area contributed by atoms with E-state index in [1.54, 1.807) is 6.08 Å². The summed E-state index contributed by atoms with van der Waals surface area (Å²) < 4.78 is 0. The zero-order valence-corrected chi connectivity index (χ0v) is 39.4. The number of hydrogen-bond acceptors (Lipinski definition) is 3. The van der Waals surface area contributed by atoms with Crippen LogP contribution >= 0.6 is 0 Å². The van der Waals surface area contributed by atoms with Crippen LogP contribution in [0.2, 0.25) is 0 Å². The molecule has 2 aliphatic carbocycles. The quantitative estimate of drug-likeness (QED) is 0.0644. The minimum absolute atomic E-state index is 0. The Labute approximate surface area is 356 Å². The van der Waals surface area contributed by atoms with Crippen molar-refractivity contribution < 1.29 is 45.4 Å². The van der Waals surface area contributed by atoms with Crippen LogP contribution in [0.25, 0.3) is 0 Å². The monoisotopic (exact) mass is 749 g/mol. The Morgan fingerprint density at radius 1 is 0.648 bits per heavy atom. The fraction of sp³-hybridized carbons (Fsp3) is 0.540. The first-order chi connectivity index (χ1) is 24.8. The number of allylic oxidation sites excluding steroid dienone is 20. The summed E-state index contributed by atoms with van der Waals surface area (Å²) in [4.78, 5) is 32.9. The summed E-state index contributed by atoms with van der Waals surface area (Å²) in [5.41, 5.74) is 12.6. The SMILES string of the molecule is CC(C)=CCC/C(C)=C/C=O.CC(C)=CCCC1(C)C(C=O)=CC=C(C)C1CC=C(C)C.CC(C)=CCCC1=CC=C(C=O)C(C)(CCC=C(C)C)C1.[H-].[Na+]. The van der Waals surface area contributed by atoms with Crippen molar-refractivity contribution in [2.75, 3.05) is 0 Å². The predicted molar refractivity (Wildman–Crippen MR) is 234 cm³/mol. The van der Waals surface area contributed by atoms with Crippen molar-refractivity contribution >= 4 is 18.9 Å². The van der Waals surface area contributed by atoms with Gasteiger partial charge in [0.1, 0.15) is 18.9 Å². The van der Waals surface area contributed by atoms with Gasteiger partial charge >= 0.3 is 29.6 Å². The molecule has 0 N–H and O–H groups in total. The van der Waals surface area contributed by atoms with Crippen LogP contribution in [-0.4, -0.2) is 18.9 Å². The van der Waals surface area contributed by atoms with E-state index in [4.69, 9.17) is 0 Å². The van der Waals surface area contributed by atoms with Gasteiger partial charge in [0.2, 0.25) is 0 Å². The van der Waals surface area contributed by atoms with Gasteiger partial charge in [-0.1, -0.05) is 113 Å². The second-order valence-electron chi connectivity index (χ2n) is 16.9. The van der Waals surface area contributed by atoms with Gasteiger partial charge in [-0.05, 0) is 176 Å². The van der Waals surface area contributed by atoms with Crippen LogP contribution in [0.15, 0.2) is 116 Å². The number of rotatable bonds is 17. The van der Waals surface area contributed by atoms with Gasteiger partial charge in [0.25, 0.3) is 0 Å². The molecule has 3 atom stereocenters. The van der Waals surface area contributed by atoms with E-state index in [0.717, 1.165) is 99.8 Å². The summed E-state index contributed by atoms with van der Waals surface area (Å²) >= 11 is 0. The molecule has 0 bridgehead atoms. The molecule has 0 aliphatic heterocycles. The molecule has 0 aromatic carbocycles. The maximum absolute atomic E-state index is 11.5. The molecule has 0 saturated heterocycles. The first-order valence-electron chi connectivity index (χ1n) is 19.8. The van der Waals surface area contributed by atoms with Gasteiger partial charge in [-0.15, -0.1) is 0 Å². The summed E-state index contributed by atoms with van der Waals surface area (Å²) in [6.07, 6.45) is 34.6. The maximum atomic E-state index is 11.5. The Hall–Kier alpha value is -2.59. The summed E-state index contributed by atoms with van der Waals surface area (Å²) in [5.74, 6) is 0.420. The minimum Gasteiger partial charge on any atom is -1.00 e. The molecule has 0 aromatic heterocycles. The molecule has 0 amide bonds. The maximum Gasteiger partial charge on any atom is 1.00 e. The van der Waals surface area contributed by atoms with E-state index in [2.05, 4.69) is 133 Å². The Morgan fingerprint density at radius 3 is 1.63 bits per heavy atom. The van der Waals surface area contributed by atoms with Crippen molar-refractivity contribution in [1.29, 1.82) is 0 Å². The fourth-order valence-corrected chi connectivity index (χ4v) is 6.85. The number of carbonyl (C=O) groups excluding carboxylic acids is 3. The zero-order chi connectivity index (χ0) is 40.6. The number of carbonyl (C=O) groups is 3. The Bertz CT molecular complexity index is 1500. The summed E-state index contributed by atoms with van der Waals surface area (Å²) in [7, 11) is 0. The second-order valence-corrected chi connectivity index (χ2v) is 16.9. The predicted octanol–water partition coefficient (Wildman–Crippen LogP) is 11.7. The van der Waals surface area contributed by atoms with Crippen LogP contribution in [0.5, 0.6) is 0 Å². The normalized spacial score (nSPS) is 20.1. The first-order valence-corrected chi connectivity index (χ1v) is 19.8. The van der Waals surface area contributed by atoms with E-state index >= 15 is 0 Å². The first kappa shape index (κ1) is 53.5. The van der Waals surface area contributed by atoms with Gasteiger partial charge in [-0.2, -0.15) is 0 Å². The largest absolute Gasteiger partial charge is 1.00 e. The minimum atomic E-state index is -0.0571. The van der Waals surface area contributed by atoms with Crippen molar-refractivity contribution in [3.63, 3.8) is 0 Å². The van der Waals surface area contributed by atoms with Crippen LogP contribution in [0.4, 0.5) is 0 Å². The molecular weight excluding hydrogens is 672 g/mol. The van der Waals surface area contributed by atoms with Gasteiger partial charge in [-0.3, -0.25) is 14.4 Å². The van der Waals surface area contributed by atoms with E-state index in [0.29, 0.717) is 5.92 Å². The van der Waals surface area contributed by atoms with Crippen molar-refractivity contribution in [1.82, 2.24) is 0 Å². The molecule has 3 nitrogen and oxygen atoms in total. The van der Waals surface area contributed by atoms with Crippen molar-refractivity contribution in [3.8, 4) is 0 Å². The van der Waals surface area contributed by atoms with Crippen molar-refractivity contribution in [2.45, 2.75) is 161 Å². The standard InChI is InChI=1S/2C20H30O.C10H16O.Na.H/c1-15(2)8-7-13-20(6)18(14-21)11-10-17(5)19(20)12-9-16(3)4;1-16(2)8-6-10-18-11-12-19(15-21)20(5,14-18)13-7-9-17(3)4;1-9(2)5-4-6-10(3)7-8-11;;/h8-11,14,19H,7,12-13H2,1-6H3;8-9,11-12,15H,6-7,10,13-14H2,1-5H3;5,7-8H,4,6H2,1-3H3;;/q;;;+1;-1/b;;10-7+;;. The molecule has 3 unspecified atom stereocenters. The third-order valence-corrected chi connectivity index (χ3v) is 10.3. The summed E-state index contributed by atoms with van der Waals surface area (Å²) in [6, 6.07) is 0. The molecule has 0 fully saturated rings. The molecule has 0 radical (unpaired) electrons. The zero-order valence-electron chi connectivity index (χ0n) is 38.4. The molecule has 54 heavy (non-hydrogen) atoms. The summed E-state index contributed by atoms with van der Waals surface area (Å²) in [5, 5.41) is 0. The summed E-state index contributed by atoms with van der Waals surface area (Å²) in [6.45, 7) is 29.9. The van der Waals surface area contributed by atoms with E-state index < -0.39 is 0 Å². The smallest absolute Gasteiger partial charge is 1.00 e. The van der Waals surface area contributed by atoms with Gasteiger partial charge in [0, 0.05) is 5.41 Å². The van der Waals surface area contributed by atoms with Gasteiger partial charge in [0.15, 0.2) is 0 Å². The van der Waals surface area contributed by atoms with Crippen LogP contribution in [0.3, 0.4) is 0 Å². The van der Waals surface area contributed by atoms with Gasteiger partial charge in [-0.25, -0.2) is 0 Å². The van der Waals surface area contributed by atoms with E-state index in [9.17, 15) is 14.4 Å². The second kappa shape index (κ2) is 28.8. The molecule has 0 aromatic rings. The van der Waals surface area contributed by atoms with Crippen molar-refractivity contribution in [3.05, 3.63) is 116 Å².